The lowest BCUT2D eigenvalue weighted by Crippen LogP contribution is -2.38. The summed E-state index contributed by atoms with van der Waals surface area (Å²) < 4.78 is 5.76. The van der Waals surface area contributed by atoms with E-state index in [2.05, 4.69) is 41.4 Å². The quantitative estimate of drug-likeness (QED) is 0.195. The molecule has 0 spiro atoms. The molecule has 0 amide bonds. The number of guanidine groups is 1. The van der Waals surface area contributed by atoms with Crippen molar-refractivity contribution >= 4 is 53.3 Å². The Labute approximate surface area is 181 Å². The van der Waals surface area contributed by atoms with E-state index in [0.29, 0.717) is 12.4 Å². The minimum Gasteiger partial charge on any atom is -0.443 e. The predicted molar refractivity (Wildman–Crippen MR) is 121 cm³/mol. The van der Waals surface area contributed by atoms with Crippen LogP contribution >= 0.6 is 47.3 Å². The van der Waals surface area contributed by atoms with E-state index < -0.39 is 0 Å². The van der Waals surface area contributed by atoms with Crippen LogP contribution in [-0.4, -0.2) is 30.3 Å². The maximum absolute atomic E-state index is 5.89. The number of aromatic nitrogens is 1. The van der Waals surface area contributed by atoms with Crippen LogP contribution in [0.1, 0.15) is 32.4 Å². The van der Waals surface area contributed by atoms with E-state index in [9.17, 15) is 0 Å². The number of nitrogens with one attached hydrogen (secondary N) is 2. The zero-order chi connectivity index (χ0) is 18.3. The molecule has 2 aromatic rings. The molecule has 5 nitrogen and oxygen atoms in total. The van der Waals surface area contributed by atoms with Crippen molar-refractivity contribution < 1.29 is 4.42 Å². The minimum atomic E-state index is -0.0376. The van der Waals surface area contributed by atoms with Gasteiger partial charge in [0.25, 0.3) is 0 Å². The van der Waals surface area contributed by atoms with Gasteiger partial charge < -0.3 is 15.1 Å². The Hall–Kier alpha value is -0.930. The summed E-state index contributed by atoms with van der Waals surface area (Å²) in [5.41, 5.74) is -0.0376. The second kappa shape index (κ2) is 11.0. The summed E-state index contributed by atoms with van der Waals surface area (Å²) in [5.74, 6) is 3.19. The second-order valence-electron chi connectivity index (χ2n) is 6.52. The van der Waals surface area contributed by atoms with Crippen molar-refractivity contribution in [1.82, 2.24) is 15.6 Å². The molecule has 2 N–H and O–H groups in total. The lowest BCUT2D eigenvalue weighted by molar-refractivity contribution is 0.379. The van der Waals surface area contributed by atoms with Crippen molar-refractivity contribution in [3.8, 4) is 0 Å². The average molecular weight is 509 g/mol. The molecule has 0 aliphatic heterocycles. The third-order valence-corrected chi connectivity index (χ3v) is 4.67. The van der Waals surface area contributed by atoms with Crippen LogP contribution < -0.4 is 10.6 Å². The van der Waals surface area contributed by atoms with Crippen LogP contribution in [-0.2, 0) is 12.0 Å². The molecule has 8 heteroatoms. The van der Waals surface area contributed by atoms with E-state index in [4.69, 9.17) is 16.0 Å². The number of hydrogen-bond donors (Lipinski definition) is 2. The standard InChI is InChI=1S/C18H25ClN4OS.HI/c1-18(2,3)15-11-22-16(24-15)12-23-17(20-4)21-9-10-25-14-7-5-13(19)6-8-14;/h5-8,11H,9-10,12H2,1-4H3,(H2,20,21,23);1H. The maximum Gasteiger partial charge on any atom is 0.213 e. The normalized spacial score (nSPS) is 11.8. The van der Waals surface area contributed by atoms with E-state index >= 15 is 0 Å². The van der Waals surface area contributed by atoms with Gasteiger partial charge in [-0.3, -0.25) is 4.99 Å². The van der Waals surface area contributed by atoms with Gasteiger partial charge in [0.1, 0.15) is 5.76 Å². The molecule has 0 atom stereocenters. The smallest absolute Gasteiger partial charge is 0.213 e. The number of nitrogens with zero attached hydrogens (tertiary/aromatic N) is 2. The first kappa shape index (κ1) is 23.1. The Bertz CT molecular complexity index is 698. The highest BCUT2D eigenvalue weighted by Crippen LogP contribution is 2.22. The summed E-state index contributed by atoms with van der Waals surface area (Å²) in [6, 6.07) is 7.85. The summed E-state index contributed by atoms with van der Waals surface area (Å²) in [6.07, 6.45) is 1.79. The molecule has 0 fully saturated rings. The summed E-state index contributed by atoms with van der Waals surface area (Å²) in [4.78, 5) is 9.72. The molecule has 0 saturated carbocycles. The molecule has 0 radical (unpaired) electrons. The van der Waals surface area contributed by atoms with Crippen LogP contribution in [0.3, 0.4) is 0 Å². The summed E-state index contributed by atoms with van der Waals surface area (Å²) in [7, 11) is 1.75. The molecule has 0 bridgehead atoms. The van der Waals surface area contributed by atoms with Gasteiger partial charge in [-0.2, -0.15) is 0 Å². The van der Waals surface area contributed by atoms with E-state index in [1.165, 1.54) is 4.90 Å². The summed E-state index contributed by atoms with van der Waals surface area (Å²) in [6.45, 7) is 7.60. The van der Waals surface area contributed by atoms with Crippen molar-refractivity contribution in [3.63, 3.8) is 0 Å². The monoisotopic (exact) mass is 508 g/mol. The van der Waals surface area contributed by atoms with Crippen LogP contribution in [0.5, 0.6) is 0 Å². The van der Waals surface area contributed by atoms with Crippen LogP contribution in [0.25, 0.3) is 0 Å². The Kier molecular flexibility index (Phi) is 9.81. The molecule has 1 aromatic heterocycles. The third kappa shape index (κ3) is 7.75. The van der Waals surface area contributed by atoms with Crippen LogP contribution in [0, 0.1) is 0 Å². The first-order valence-electron chi connectivity index (χ1n) is 8.16. The fraction of sp³-hybridized carbons (Fsp3) is 0.444. The van der Waals surface area contributed by atoms with Gasteiger partial charge >= 0.3 is 0 Å². The van der Waals surface area contributed by atoms with Crippen molar-refractivity contribution in [2.24, 2.45) is 4.99 Å². The lowest BCUT2D eigenvalue weighted by atomic mass is 9.94. The number of oxazole rings is 1. The summed E-state index contributed by atoms with van der Waals surface area (Å²) in [5, 5.41) is 7.25. The van der Waals surface area contributed by atoms with Gasteiger partial charge in [0.15, 0.2) is 5.96 Å². The molecule has 2 rings (SSSR count). The van der Waals surface area contributed by atoms with E-state index in [1.54, 1.807) is 25.0 Å². The van der Waals surface area contributed by atoms with Gasteiger partial charge in [0, 0.05) is 34.7 Å². The predicted octanol–water partition coefficient (Wildman–Crippen LogP) is 4.70. The maximum atomic E-state index is 5.89. The van der Waals surface area contributed by atoms with Gasteiger partial charge in [0.05, 0.1) is 12.7 Å². The lowest BCUT2D eigenvalue weighted by Gasteiger charge is -2.13. The molecule has 0 unspecified atom stereocenters. The molecular formula is C18H26ClIN4OS. The fourth-order valence-corrected chi connectivity index (χ4v) is 2.88. The molecule has 144 valence electrons. The number of benzene rings is 1. The van der Waals surface area contributed by atoms with E-state index in [1.807, 2.05) is 24.3 Å². The summed E-state index contributed by atoms with van der Waals surface area (Å²) >= 11 is 7.65. The van der Waals surface area contributed by atoms with Gasteiger partial charge in [0.2, 0.25) is 5.89 Å². The number of halogens is 2. The van der Waals surface area contributed by atoms with Crippen molar-refractivity contribution in [3.05, 3.63) is 47.1 Å². The Morgan fingerprint density at radius 3 is 2.50 bits per heavy atom. The third-order valence-electron chi connectivity index (χ3n) is 3.40. The van der Waals surface area contributed by atoms with E-state index in [-0.39, 0.29) is 29.4 Å². The molecule has 1 heterocycles. The van der Waals surface area contributed by atoms with Gasteiger partial charge in [-0.15, -0.1) is 35.7 Å². The van der Waals surface area contributed by atoms with Gasteiger partial charge in [-0.25, -0.2) is 4.98 Å². The fourth-order valence-electron chi connectivity index (χ4n) is 1.99. The van der Waals surface area contributed by atoms with Crippen LogP contribution in [0.15, 0.2) is 44.8 Å². The SMILES string of the molecule is CN=C(NCCSc1ccc(Cl)cc1)NCc1ncc(C(C)(C)C)o1.I. The van der Waals surface area contributed by atoms with Crippen LogP contribution in [0.4, 0.5) is 0 Å². The largest absolute Gasteiger partial charge is 0.443 e. The van der Waals surface area contributed by atoms with Crippen molar-refractivity contribution in [2.45, 2.75) is 37.6 Å². The molecule has 26 heavy (non-hydrogen) atoms. The number of thioether (sulfide) groups is 1. The Morgan fingerprint density at radius 1 is 1.23 bits per heavy atom. The van der Waals surface area contributed by atoms with Crippen molar-refractivity contribution in [1.29, 1.82) is 0 Å². The molecule has 1 aromatic carbocycles. The first-order chi connectivity index (χ1) is 11.9. The molecule has 0 saturated heterocycles. The highest BCUT2D eigenvalue weighted by molar-refractivity contribution is 14.0. The van der Waals surface area contributed by atoms with Gasteiger partial charge in [-0.05, 0) is 24.3 Å². The first-order valence-corrected chi connectivity index (χ1v) is 9.53. The average Bonchev–Trinajstić information content (AvgIpc) is 3.05. The number of rotatable bonds is 6. The highest BCUT2D eigenvalue weighted by atomic mass is 127. The van der Waals surface area contributed by atoms with Gasteiger partial charge in [-0.1, -0.05) is 32.4 Å². The Morgan fingerprint density at radius 2 is 1.92 bits per heavy atom. The second-order valence-corrected chi connectivity index (χ2v) is 8.13. The molecule has 0 aliphatic rings. The van der Waals surface area contributed by atoms with E-state index in [0.717, 1.165) is 29.0 Å². The zero-order valence-electron chi connectivity index (χ0n) is 15.5. The topological polar surface area (TPSA) is 62.5 Å². The number of aliphatic imine (C=N–C) groups is 1. The molecule has 0 aliphatic carbocycles. The minimum absolute atomic E-state index is 0. The Balaban J connectivity index is 0.00000338. The van der Waals surface area contributed by atoms with Crippen LogP contribution in [0.2, 0.25) is 5.02 Å². The zero-order valence-corrected chi connectivity index (χ0v) is 19.4. The molecular weight excluding hydrogens is 483 g/mol. The highest BCUT2D eigenvalue weighted by Gasteiger charge is 2.19. The van der Waals surface area contributed by atoms with Crippen molar-refractivity contribution in [2.75, 3.05) is 19.3 Å². The number of hydrogen-bond acceptors (Lipinski definition) is 4.